The third-order valence-corrected chi connectivity index (χ3v) is 5.39. The maximum absolute atomic E-state index is 13.6. The van der Waals surface area contributed by atoms with Crippen LogP contribution in [0.4, 0.5) is 0 Å². The molecular weight excluding hydrogens is 366 g/mol. The molecule has 0 radical (unpaired) electrons. The highest BCUT2D eigenvalue weighted by molar-refractivity contribution is 5.99. The molecule has 0 unspecified atom stereocenters. The van der Waals surface area contributed by atoms with Crippen LogP contribution in [0.5, 0.6) is 5.75 Å². The van der Waals surface area contributed by atoms with Crippen molar-refractivity contribution < 1.29 is 18.7 Å². The normalized spacial score (nSPS) is 15.0. The molecule has 1 aromatic heterocycles. The van der Waals surface area contributed by atoms with E-state index in [4.69, 9.17) is 13.9 Å². The van der Waals surface area contributed by atoms with Gasteiger partial charge in [-0.3, -0.25) is 4.79 Å². The molecule has 1 aliphatic heterocycles. The minimum atomic E-state index is -0.0743. The number of amides is 1. The lowest BCUT2D eigenvalue weighted by molar-refractivity contribution is 0.0187. The molecule has 29 heavy (non-hydrogen) atoms. The van der Waals surface area contributed by atoms with E-state index in [0.717, 1.165) is 29.5 Å². The van der Waals surface area contributed by atoms with Gasteiger partial charge in [0.05, 0.1) is 0 Å². The van der Waals surface area contributed by atoms with E-state index in [9.17, 15) is 4.79 Å². The van der Waals surface area contributed by atoms with E-state index >= 15 is 0 Å². The van der Waals surface area contributed by atoms with Crippen molar-refractivity contribution in [3.05, 3.63) is 65.9 Å². The Morgan fingerprint density at radius 2 is 1.76 bits per heavy atom. The SMILES string of the molecule is CC(C)N(C(=O)c1oc2ccccc2c1COc1ccccc1)C1CCOCC1. The topological polar surface area (TPSA) is 51.9 Å². The largest absolute Gasteiger partial charge is 0.489 e. The number of benzene rings is 2. The molecule has 0 bridgehead atoms. The van der Waals surface area contributed by atoms with E-state index in [1.165, 1.54) is 0 Å². The van der Waals surface area contributed by atoms with Gasteiger partial charge in [0.15, 0.2) is 5.76 Å². The Morgan fingerprint density at radius 3 is 2.48 bits per heavy atom. The van der Waals surface area contributed by atoms with Crippen LogP contribution >= 0.6 is 0 Å². The molecule has 3 aromatic rings. The molecule has 1 amide bonds. The number of carbonyl (C=O) groups excluding carboxylic acids is 1. The highest BCUT2D eigenvalue weighted by Gasteiger charge is 2.32. The third kappa shape index (κ3) is 4.15. The maximum Gasteiger partial charge on any atom is 0.290 e. The Hall–Kier alpha value is -2.79. The van der Waals surface area contributed by atoms with Gasteiger partial charge >= 0.3 is 0 Å². The van der Waals surface area contributed by atoms with Crippen molar-refractivity contribution in [1.29, 1.82) is 0 Å². The third-order valence-electron chi connectivity index (χ3n) is 5.39. The van der Waals surface area contributed by atoms with E-state index in [-0.39, 0.29) is 24.6 Å². The lowest BCUT2D eigenvalue weighted by Crippen LogP contribution is -2.47. The summed E-state index contributed by atoms with van der Waals surface area (Å²) in [6.45, 7) is 5.75. The van der Waals surface area contributed by atoms with Crippen LogP contribution in [0.2, 0.25) is 0 Å². The first-order valence-electron chi connectivity index (χ1n) is 10.2. The van der Waals surface area contributed by atoms with Gasteiger partial charge in [-0.05, 0) is 44.9 Å². The van der Waals surface area contributed by atoms with E-state index in [0.29, 0.717) is 24.6 Å². The lowest BCUT2D eigenvalue weighted by Gasteiger charge is -2.36. The first kappa shape index (κ1) is 19.5. The number of nitrogens with zero attached hydrogens (tertiary/aromatic N) is 1. The molecular formula is C24H27NO4. The van der Waals surface area contributed by atoms with Crippen LogP contribution in [0.25, 0.3) is 11.0 Å². The number of ether oxygens (including phenoxy) is 2. The Morgan fingerprint density at radius 1 is 1.07 bits per heavy atom. The Kier molecular flexibility index (Phi) is 5.86. The lowest BCUT2D eigenvalue weighted by atomic mass is 10.0. The molecule has 152 valence electrons. The number of carbonyl (C=O) groups is 1. The molecule has 0 aliphatic carbocycles. The van der Waals surface area contributed by atoms with E-state index in [1.54, 1.807) is 0 Å². The van der Waals surface area contributed by atoms with Gasteiger partial charge in [0.25, 0.3) is 5.91 Å². The number of rotatable bonds is 6. The molecule has 2 aromatic carbocycles. The summed E-state index contributed by atoms with van der Waals surface area (Å²) in [5.74, 6) is 1.07. The van der Waals surface area contributed by atoms with Gasteiger partial charge in [0.1, 0.15) is 17.9 Å². The van der Waals surface area contributed by atoms with Crippen LogP contribution in [-0.4, -0.2) is 36.1 Å². The van der Waals surface area contributed by atoms with Crippen LogP contribution < -0.4 is 4.74 Å². The molecule has 1 aliphatic rings. The fourth-order valence-electron chi connectivity index (χ4n) is 3.99. The van der Waals surface area contributed by atoms with Crippen LogP contribution in [0.15, 0.2) is 59.0 Å². The number of fused-ring (bicyclic) bond motifs is 1. The molecule has 0 saturated carbocycles. The average molecular weight is 393 g/mol. The fraction of sp³-hybridized carbons (Fsp3) is 0.375. The molecule has 1 fully saturated rings. The van der Waals surface area contributed by atoms with Gasteiger partial charge in [-0.2, -0.15) is 0 Å². The van der Waals surface area contributed by atoms with Gasteiger partial charge in [-0.25, -0.2) is 0 Å². The Bertz CT molecular complexity index is 957. The standard InChI is InChI=1S/C24H27NO4/c1-17(2)25(18-12-14-27-15-13-18)24(26)23-21(16-28-19-8-4-3-5-9-19)20-10-6-7-11-22(20)29-23/h3-11,17-18H,12-16H2,1-2H3. The predicted octanol–water partition coefficient (Wildman–Crippen LogP) is 5.04. The number of hydrogen-bond acceptors (Lipinski definition) is 4. The van der Waals surface area contributed by atoms with Gasteiger partial charge < -0.3 is 18.8 Å². The first-order valence-corrected chi connectivity index (χ1v) is 10.2. The molecule has 5 heteroatoms. The summed E-state index contributed by atoms with van der Waals surface area (Å²) in [6, 6.07) is 17.6. The molecule has 2 heterocycles. The summed E-state index contributed by atoms with van der Waals surface area (Å²) in [6.07, 6.45) is 1.69. The zero-order chi connectivity index (χ0) is 20.2. The Labute approximate surface area is 171 Å². The molecule has 0 spiro atoms. The van der Waals surface area contributed by atoms with Crippen molar-refractivity contribution >= 4 is 16.9 Å². The number of hydrogen-bond donors (Lipinski definition) is 0. The number of para-hydroxylation sites is 2. The summed E-state index contributed by atoms with van der Waals surface area (Å²) >= 11 is 0. The summed E-state index contributed by atoms with van der Waals surface area (Å²) in [7, 11) is 0. The first-order chi connectivity index (χ1) is 14.1. The molecule has 0 N–H and O–H groups in total. The van der Waals surface area contributed by atoms with Crippen molar-refractivity contribution in [2.75, 3.05) is 13.2 Å². The summed E-state index contributed by atoms with van der Waals surface area (Å²) < 4.78 is 17.5. The molecule has 5 nitrogen and oxygen atoms in total. The maximum atomic E-state index is 13.6. The second-order valence-electron chi connectivity index (χ2n) is 7.66. The van der Waals surface area contributed by atoms with Crippen LogP contribution in [0.1, 0.15) is 42.8 Å². The average Bonchev–Trinajstić information content (AvgIpc) is 3.12. The van der Waals surface area contributed by atoms with Gasteiger partial charge in [-0.1, -0.05) is 36.4 Å². The van der Waals surface area contributed by atoms with Crippen LogP contribution in [0, 0.1) is 0 Å². The summed E-state index contributed by atoms with van der Waals surface area (Å²) in [5, 5.41) is 0.919. The van der Waals surface area contributed by atoms with Crippen molar-refractivity contribution in [2.45, 2.75) is 45.4 Å². The van der Waals surface area contributed by atoms with Crippen molar-refractivity contribution in [3.8, 4) is 5.75 Å². The minimum Gasteiger partial charge on any atom is -0.489 e. The predicted molar refractivity (Wildman–Crippen MR) is 112 cm³/mol. The quantitative estimate of drug-likeness (QED) is 0.589. The van der Waals surface area contributed by atoms with E-state index in [1.807, 2.05) is 59.5 Å². The monoisotopic (exact) mass is 393 g/mol. The minimum absolute atomic E-state index is 0.0710. The van der Waals surface area contributed by atoms with Crippen molar-refractivity contribution in [3.63, 3.8) is 0 Å². The number of furan rings is 1. The second kappa shape index (κ2) is 8.70. The van der Waals surface area contributed by atoms with Gasteiger partial charge in [0.2, 0.25) is 0 Å². The summed E-state index contributed by atoms with van der Waals surface area (Å²) in [5.41, 5.74) is 1.50. The summed E-state index contributed by atoms with van der Waals surface area (Å²) in [4.78, 5) is 15.6. The molecule has 0 atom stereocenters. The van der Waals surface area contributed by atoms with Gasteiger partial charge in [-0.15, -0.1) is 0 Å². The fourth-order valence-corrected chi connectivity index (χ4v) is 3.99. The van der Waals surface area contributed by atoms with Gasteiger partial charge in [0, 0.05) is 36.2 Å². The zero-order valence-electron chi connectivity index (χ0n) is 17.0. The van der Waals surface area contributed by atoms with E-state index < -0.39 is 0 Å². The molecule has 4 rings (SSSR count). The zero-order valence-corrected chi connectivity index (χ0v) is 17.0. The van der Waals surface area contributed by atoms with Crippen LogP contribution in [-0.2, 0) is 11.3 Å². The van der Waals surface area contributed by atoms with E-state index in [2.05, 4.69) is 13.8 Å². The highest BCUT2D eigenvalue weighted by Crippen LogP contribution is 2.30. The smallest absolute Gasteiger partial charge is 0.290 e. The van der Waals surface area contributed by atoms with Crippen molar-refractivity contribution in [1.82, 2.24) is 4.90 Å². The molecule has 1 saturated heterocycles. The van der Waals surface area contributed by atoms with Crippen molar-refractivity contribution in [2.24, 2.45) is 0 Å². The second-order valence-corrected chi connectivity index (χ2v) is 7.66. The van der Waals surface area contributed by atoms with Crippen LogP contribution in [0.3, 0.4) is 0 Å². The highest BCUT2D eigenvalue weighted by atomic mass is 16.5. The Balaban J connectivity index is 1.68.